The molecule has 1 atom stereocenters. The zero-order valence-corrected chi connectivity index (χ0v) is 8.94. The van der Waals surface area contributed by atoms with E-state index in [-0.39, 0.29) is 5.91 Å². The van der Waals surface area contributed by atoms with Gasteiger partial charge in [0.1, 0.15) is 0 Å². The second-order valence-corrected chi connectivity index (χ2v) is 4.18. The van der Waals surface area contributed by atoms with E-state index in [0.29, 0.717) is 12.5 Å². The molecule has 1 amide bonds. The Kier molecular flexibility index (Phi) is 2.73. The summed E-state index contributed by atoms with van der Waals surface area (Å²) in [7, 11) is 0. The summed E-state index contributed by atoms with van der Waals surface area (Å²) in [6.07, 6.45) is 0. The highest BCUT2D eigenvalue weighted by atomic mass is 16.2. The number of carbonyl (C=O) groups is 1. The Morgan fingerprint density at radius 3 is 2.87 bits per heavy atom. The third-order valence-electron chi connectivity index (χ3n) is 2.83. The van der Waals surface area contributed by atoms with E-state index in [1.807, 2.05) is 29.2 Å². The predicted octanol–water partition coefficient (Wildman–Crippen LogP) is 1.24. The minimum Gasteiger partial charge on any atom is -0.334 e. The van der Waals surface area contributed by atoms with Crippen molar-refractivity contribution in [3.05, 3.63) is 35.4 Å². The Hall–Kier alpha value is -1.35. The van der Waals surface area contributed by atoms with Gasteiger partial charge >= 0.3 is 0 Å². The SMILES string of the molecule is CC(CN)CN1Cc2ccccc2C1=O. The van der Waals surface area contributed by atoms with Gasteiger partial charge in [0, 0.05) is 18.7 Å². The fraction of sp³-hybridized carbons (Fsp3) is 0.417. The van der Waals surface area contributed by atoms with Crippen molar-refractivity contribution in [3.63, 3.8) is 0 Å². The average molecular weight is 204 g/mol. The highest BCUT2D eigenvalue weighted by Crippen LogP contribution is 2.22. The van der Waals surface area contributed by atoms with Gasteiger partial charge in [0.2, 0.25) is 0 Å². The second-order valence-electron chi connectivity index (χ2n) is 4.18. The molecule has 0 aromatic heterocycles. The van der Waals surface area contributed by atoms with E-state index in [1.54, 1.807) is 0 Å². The molecule has 1 aliphatic heterocycles. The number of hydrogen-bond acceptors (Lipinski definition) is 2. The third-order valence-corrected chi connectivity index (χ3v) is 2.83. The fourth-order valence-corrected chi connectivity index (χ4v) is 1.91. The Morgan fingerprint density at radius 1 is 1.47 bits per heavy atom. The van der Waals surface area contributed by atoms with Crippen LogP contribution in [0.3, 0.4) is 0 Å². The molecule has 3 nitrogen and oxygen atoms in total. The molecule has 1 heterocycles. The van der Waals surface area contributed by atoms with E-state index in [2.05, 4.69) is 6.92 Å². The van der Waals surface area contributed by atoms with E-state index in [1.165, 1.54) is 0 Å². The molecule has 1 aromatic carbocycles. The minimum atomic E-state index is 0.144. The van der Waals surface area contributed by atoms with E-state index in [0.717, 1.165) is 24.2 Å². The Bertz CT molecular complexity index is 376. The van der Waals surface area contributed by atoms with Crippen molar-refractivity contribution in [2.24, 2.45) is 11.7 Å². The molecule has 80 valence electrons. The molecule has 1 aromatic rings. The number of fused-ring (bicyclic) bond motifs is 1. The number of hydrogen-bond donors (Lipinski definition) is 1. The summed E-state index contributed by atoms with van der Waals surface area (Å²) in [6.45, 7) is 4.18. The lowest BCUT2D eigenvalue weighted by atomic mass is 10.1. The first-order valence-electron chi connectivity index (χ1n) is 5.29. The van der Waals surface area contributed by atoms with Crippen LogP contribution >= 0.6 is 0 Å². The van der Waals surface area contributed by atoms with Crippen molar-refractivity contribution >= 4 is 5.91 Å². The topological polar surface area (TPSA) is 46.3 Å². The van der Waals surface area contributed by atoms with Gasteiger partial charge in [-0.2, -0.15) is 0 Å². The van der Waals surface area contributed by atoms with Gasteiger partial charge in [0.25, 0.3) is 5.91 Å². The Balaban J connectivity index is 2.13. The van der Waals surface area contributed by atoms with Crippen LogP contribution in [0.5, 0.6) is 0 Å². The molecule has 0 radical (unpaired) electrons. The van der Waals surface area contributed by atoms with Gasteiger partial charge in [-0.15, -0.1) is 0 Å². The lowest BCUT2D eigenvalue weighted by Gasteiger charge is -2.19. The zero-order chi connectivity index (χ0) is 10.8. The number of nitrogens with two attached hydrogens (primary N) is 1. The molecule has 0 saturated carbocycles. The van der Waals surface area contributed by atoms with Gasteiger partial charge < -0.3 is 10.6 Å². The Labute approximate surface area is 89.9 Å². The van der Waals surface area contributed by atoms with Gasteiger partial charge in [-0.3, -0.25) is 4.79 Å². The first-order valence-corrected chi connectivity index (χ1v) is 5.29. The van der Waals surface area contributed by atoms with Crippen molar-refractivity contribution in [1.82, 2.24) is 4.90 Å². The lowest BCUT2D eigenvalue weighted by Crippen LogP contribution is -2.31. The molecule has 1 unspecified atom stereocenters. The summed E-state index contributed by atoms with van der Waals surface area (Å²) in [5.74, 6) is 0.508. The highest BCUT2D eigenvalue weighted by Gasteiger charge is 2.27. The summed E-state index contributed by atoms with van der Waals surface area (Å²) in [6, 6.07) is 7.79. The van der Waals surface area contributed by atoms with Crippen LogP contribution in [0.4, 0.5) is 0 Å². The Morgan fingerprint density at radius 2 is 2.20 bits per heavy atom. The van der Waals surface area contributed by atoms with Gasteiger partial charge in [-0.1, -0.05) is 25.1 Å². The van der Waals surface area contributed by atoms with Crippen LogP contribution in [0, 0.1) is 5.92 Å². The van der Waals surface area contributed by atoms with E-state index in [4.69, 9.17) is 5.73 Å². The number of benzene rings is 1. The molecule has 3 heteroatoms. The number of amides is 1. The summed E-state index contributed by atoms with van der Waals surface area (Å²) in [5, 5.41) is 0. The number of carbonyl (C=O) groups excluding carboxylic acids is 1. The normalized spacial score (nSPS) is 16.7. The van der Waals surface area contributed by atoms with Crippen LogP contribution in [0.25, 0.3) is 0 Å². The summed E-state index contributed by atoms with van der Waals surface area (Å²) >= 11 is 0. The van der Waals surface area contributed by atoms with Crippen LogP contribution < -0.4 is 5.73 Å². The van der Waals surface area contributed by atoms with E-state index >= 15 is 0 Å². The molecule has 0 saturated heterocycles. The predicted molar refractivity (Wildman–Crippen MR) is 59.4 cm³/mol. The maximum Gasteiger partial charge on any atom is 0.254 e. The maximum atomic E-state index is 11.9. The summed E-state index contributed by atoms with van der Waals surface area (Å²) in [4.78, 5) is 13.8. The summed E-state index contributed by atoms with van der Waals surface area (Å²) < 4.78 is 0. The van der Waals surface area contributed by atoms with E-state index < -0.39 is 0 Å². The molecular formula is C12H16N2O. The largest absolute Gasteiger partial charge is 0.334 e. The fourth-order valence-electron chi connectivity index (χ4n) is 1.91. The first-order chi connectivity index (χ1) is 7.22. The standard InChI is InChI=1S/C12H16N2O/c1-9(6-13)7-14-8-10-4-2-3-5-11(10)12(14)15/h2-5,9H,6-8,13H2,1H3. The molecule has 2 rings (SSSR count). The summed E-state index contributed by atoms with van der Waals surface area (Å²) in [5.41, 5.74) is 7.54. The van der Waals surface area contributed by atoms with Crippen molar-refractivity contribution in [3.8, 4) is 0 Å². The number of nitrogens with zero attached hydrogens (tertiary/aromatic N) is 1. The van der Waals surface area contributed by atoms with Crippen molar-refractivity contribution in [2.45, 2.75) is 13.5 Å². The molecule has 0 aliphatic carbocycles. The van der Waals surface area contributed by atoms with Crippen LogP contribution in [-0.4, -0.2) is 23.9 Å². The molecule has 0 bridgehead atoms. The molecule has 0 fully saturated rings. The van der Waals surface area contributed by atoms with Crippen molar-refractivity contribution in [1.29, 1.82) is 0 Å². The maximum absolute atomic E-state index is 11.9. The third kappa shape index (κ3) is 1.88. The van der Waals surface area contributed by atoms with Gasteiger partial charge in [0.05, 0.1) is 0 Å². The quantitative estimate of drug-likeness (QED) is 0.805. The van der Waals surface area contributed by atoms with Crippen LogP contribution in [0.2, 0.25) is 0 Å². The zero-order valence-electron chi connectivity index (χ0n) is 8.94. The molecule has 1 aliphatic rings. The van der Waals surface area contributed by atoms with Crippen molar-refractivity contribution in [2.75, 3.05) is 13.1 Å². The highest BCUT2D eigenvalue weighted by molar-refractivity contribution is 5.98. The van der Waals surface area contributed by atoms with Crippen molar-refractivity contribution < 1.29 is 4.79 Å². The van der Waals surface area contributed by atoms with Crippen LogP contribution in [-0.2, 0) is 6.54 Å². The molecular weight excluding hydrogens is 188 g/mol. The van der Waals surface area contributed by atoms with E-state index in [9.17, 15) is 4.79 Å². The average Bonchev–Trinajstić information content (AvgIpc) is 2.57. The molecule has 0 spiro atoms. The van der Waals surface area contributed by atoms with Gasteiger partial charge in [0.15, 0.2) is 0 Å². The van der Waals surface area contributed by atoms with Crippen LogP contribution in [0.15, 0.2) is 24.3 Å². The second kappa shape index (κ2) is 4.03. The van der Waals surface area contributed by atoms with Gasteiger partial charge in [-0.05, 0) is 24.1 Å². The number of rotatable bonds is 3. The monoisotopic (exact) mass is 204 g/mol. The lowest BCUT2D eigenvalue weighted by molar-refractivity contribution is 0.0758. The van der Waals surface area contributed by atoms with Gasteiger partial charge in [-0.25, -0.2) is 0 Å². The first kappa shape index (κ1) is 10.2. The smallest absolute Gasteiger partial charge is 0.254 e. The van der Waals surface area contributed by atoms with Crippen LogP contribution in [0.1, 0.15) is 22.8 Å². The molecule has 15 heavy (non-hydrogen) atoms. The minimum absolute atomic E-state index is 0.144. The molecule has 2 N–H and O–H groups in total.